The molecule has 0 amide bonds. The van der Waals surface area contributed by atoms with Gasteiger partial charge in [0.05, 0.1) is 5.69 Å². The number of hydrogen-bond acceptors (Lipinski definition) is 2. The second-order valence-corrected chi connectivity index (χ2v) is 3.99. The maximum atomic E-state index is 4.01. The summed E-state index contributed by atoms with van der Waals surface area (Å²) in [6.07, 6.45) is 1.03. The molecule has 0 aliphatic carbocycles. The molecule has 0 atom stereocenters. The monoisotopic (exact) mass is 231 g/mol. The van der Waals surface area contributed by atoms with Crippen LogP contribution >= 0.6 is 15.9 Å². The standard InChI is InChI=1S/C8H14BrN3/c1-4-12-7(5-6(2)3)8(9)10-11-12/h6H,4-5H2,1-3H3. The summed E-state index contributed by atoms with van der Waals surface area (Å²) in [7, 11) is 0. The van der Waals surface area contributed by atoms with Crippen LogP contribution in [-0.2, 0) is 13.0 Å². The average molecular weight is 232 g/mol. The fraction of sp³-hybridized carbons (Fsp3) is 0.750. The Hall–Kier alpha value is -0.380. The summed E-state index contributed by atoms with van der Waals surface area (Å²) in [5.41, 5.74) is 1.20. The van der Waals surface area contributed by atoms with E-state index in [-0.39, 0.29) is 0 Å². The molecular weight excluding hydrogens is 218 g/mol. The highest BCUT2D eigenvalue weighted by atomic mass is 79.9. The van der Waals surface area contributed by atoms with E-state index in [0.717, 1.165) is 17.6 Å². The number of nitrogens with zero attached hydrogens (tertiary/aromatic N) is 3. The van der Waals surface area contributed by atoms with Crippen molar-refractivity contribution in [3.63, 3.8) is 0 Å². The van der Waals surface area contributed by atoms with Crippen molar-refractivity contribution >= 4 is 15.9 Å². The maximum absolute atomic E-state index is 4.01. The van der Waals surface area contributed by atoms with Gasteiger partial charge in [0.1, 0.15) is 0 Å². The Bertz CT molecular complexity index is 255. The van der Waals surface area contributed by atoms with Crippen LogP contribution in [-0.4, -0.2) is 15.0 Å². The van der Waals surface area contributed by atoms with E-state index >= 15 is 0 Å². The third kappa shape index (κ3) is 2.06. The van der Waals surface area contributed by atoms with Crippen molar-refractivity contribution in [1.82, 2.24) is 15.0 Å². The summed E-state index contributed by atoms with van der Waals surface area (Å²) < 4.78 is 2.82. The van der Waals surface area contributed by atoms with E-state index in [9.17, 15) is 0 Å². The Labute approximate surface area is 81.3 Å². The van der Waals surface area contributed by atoms with Crippen LogP contribution in [0.1, 0.15) is 26.5 Å². The molecule has 4 heteroatoms. The highest BCUT2D eigenvalue weighted by Crippen LogP contribution is 2.16. The van der Waals surface area contributed by atoms with Gasteiger partial charge in [-0.2, -0.15) is 0 Å². The highest BCUT2D eigenvalue weighted by Gasteiger charge is 2.10. The molecule has 0 spiro atoms. The molecule has 0 fully saturated rings. The fourth-order valence-corrected chi connectivity index (χ4v) is 1.58. The molecule has 0 unspecified atom stereocenters. The summed E-state index contributed by atoms with van der Waals surface area (Å²) in [4.78, 5) is 0. The van der Waals surface area contributed by atoms with Crippen molar-refractivity contribution in [1.29, 1.82) is 0 Å². The van der Waals surface area contributed by atoms with Gasteiger partial charge < -0.3 is 0 Å². The highest BCUT2D eigenvalue weighted by molar-refractivity contribution is 9.10. The summed E-state index contributed by atoms with van der Waals surface area (Å²) in [5, 5.41) is 7.98. The van der Waals surface area contributed by atoms with Gasteiger partial charge in [-0.15, -0.1) is 5.10 Å². The molecule has 1 heterocycles. The molecule has 1 aromatic rings. The van der Waals surface area contributed by atoms with Crippen molar-refractivity contribution in [3.05, 3.63) is 10.3 Å². The molecule has 0 aliphatic rings. The fourth-order valence-electron chi connectivity index (χ4n) is 1.14. The molecule has 0 saturated carbocycles. The third-order valence-corrected chi connectivity index (χ3v) is 2.31. The summed E-state index contributed by atoms with van der Waals surface area (Å²) in [5.74, 6) is 0.644. The number of aromatic nitrogens is 3. The maximum Gasteiger partial charge on any atom is 0.151 e. The molecule has 0 radical (unpaired) electrons. The molecule has 3 nitrogen and oxygen atoms in total. The van der Waals surface area contributed by atoms with Gasteiger partial charge in [-0.25, -0.2) is 4.68 Å². The van der Waals surface area contributed by atoms with E-state index in [2.05, 4.69) is 47.0 Å². The van der Waals surface area contributed by atoms with Crippen molar-refractivity contribution < 1.29 is 0 Å². The van der Waals surface area contributed by atoms with Crippen LogP contribution in [0.4, 0.5) is 0 Å². The van der Waals surface area contributed by atoms with Gasteiger partial charge in [0.2, 0.25) is 0 Å². The van der Waals surface area contributed by atoms with Crippen molar-refractivity contribution in [2.45, 2.75) is 33.7 Å². The Balaban J connectivity index is 2.86. The van der Waals surface area contributed by atoms with Crippen molar-refractivity contribution in [2.24, 2.45) is 5.92 Å². The van der Waals surface area contributed by atoms with Gasteiger partial charge in [0.15, 0.2) is 4.60 Å². The summed E-state index contributed by atoms with van der Waals surface area (Å²) in [6, 6.07) is 0. The molecule has 0 aliphatic heterocycles. The lowest BCUT2D eigenvalue weighted by atomic mass is 10.1. The minimum absolute atomic E-state index is 0.644. The summed E-state index contributed by atoms with van der Waals surface area (Å²) in [6.45, 7) is 7.35. The zero-order chi connectivity index (χ0) is 9.14. The van der Waals surface area contributed by atoms with Gasteiger partial charge in [-0.05, 0) is 35.2 Å². The number of halogens is 1. The van der Waals surface area contributed by atoms with E-state index in [1.165, 1.54) is 5.69 Å². The van der Waals surface area contributed by atoms with E-state index in [1.807, 2.05) is 4.68 Å². The normalized spacial score (nSPS) is 11.1. The topological polar surface area (TPSA) is 30.7 Å². The molecule has 1 aromatic heterocycles. The smallest absolute Gasteiger partial charge is 0.151 e. The minimum Gasteiger partial charge on any atom is -0.248 e. The molecule has 0 N–H and O–H groups in total. The van der Waals surface area contributed by atoms with Crippen LogP contribution < -0.4 is 0 Å². The second kappa shape index (κ2) is 4.03. The predicted molar refractivity (Wildman–Crippen MR) is 51.9 cm³/mol. The molecule has 68 valence electrons. The molecule has 1 rings (SSSR count). The quantitative estimate of drug-likeness (QED) is 0.800. The van der Waals surface area contributed by atoms with Crippen LogP contribution in [0.2, 0.25) is 0 Å². The summed E-state index contributed by atoms with van der Waals surface area (Å²) >= 11 is 3.39. The molecule has 0 bridgehead atoms. The van der Waals surface area contributed by atoms with E-state index in [0.29, 0.717) is 5.92 Å². The zero-order valence-corrected chi connectivity index (χ0v) is 9.30. The van der Waals surface area contributed by atoms with E-state index < -0.39 is 0 Å². The van der Waals surface area contributed by atoms with Crippen LogP contribution in [0.25, 0.3) is 0 Å². The first-order valence-corrected chi connectivity index (χ1v) is 5.02. The largest absolute Gasteiger partial charge is 0.248 e. The van der Waals surface area contributed by atoms with Crippen molar-refractivity contribution in [2.75, 3.05) is 0 Å². The van der Waals surface area contributed by atoms with Crippen molar-refractivity contribution in [3.8, 4) is 0 Å². The average Bonchev–Trinajstić information content (AvgIpc) is 2.32. The lowest BCUT2D eigenvalue weighted by Gasteiger charge is -2.05. The number of rotatable bonds is 3. The van der Waals surface area contributed by atoms with Gasteiger partial charge in [-0.3, -0.25) is 0 Å². The lowest BCUT2D eigenvalue weighted by Crippen LogP contribution is -2.06. The first-order valence-electron chi connectivity index (χ1n) is 4.23. The predicted octanol–water partition coefficient (Wildman–Crippen LogP) is 2.26. The van der Waals surface area contributed by atoms with E-state index in [4.69, 9.17) is 0 Å². The van der Waals surface area contributed by atoms with E-state index in [1.54, 1.807) is 0 Å². The molecule has 0 aromatic carbocycles. The van der Waals surface area contributed by atoms with Gasteiger partial charge in [-0.1, -0.05) is 19.1 Å². The van der Waals surface area contributed by atoms with Gasteiger partial charge in [0.25, 0.3) is 0 Å². The Kier molecular flexibility index (Phi) is 3.26. The molecular formula is C8H14BrN3. The lowest BCUT2D eigenvalue weighted by molar-refractivity contribution is 0.552. The minimum atomic E-state index is 0.644. The SMILES string of the molecule is CCn1nnc(Br)c1CC(C)C. The van der Waals surface area contributed by atoms with Gasteiger partial charge >= 0.3 is 0 Å². The molecule has 0 saturated heterocycles. The first kappa shape index (κ1) is 9.71. The number of aryl methyl sites for hydroxylation is 1. The Morgan fingerprint density at radius 2 is 2.17 bits per heavy atom. The van der Waals surface area contributed by atoms with Crippen LogP contribution in [0, 0.1) is 5.92 Å². The van der Waals surface area contributed by atoms with Crippen LogP contribution in [0.15, 0.2) is 4.60 Å². The second-order valence-electron chi connectivity index (χ2n) is 3.24. The van der Waals surface area contributed by atoms with Crippen LogP contribution in [0.3, 0.4) is 0 Å². The first-order chi connectivity index (χ1) is 5.65. The third-order valence-electron chi connectivity index (χ3n) is 1.69. The van der Waals surface area contributed by atoms with Gasteiger partial charge in [0, 0.05) is 6.54 Å². The zero-order valence-electron chi connectivity index (χ0n) is 7.71. The Morgan fingerprint density at radius 1 is 1.50 bits per heavy atom. The molecule has 12 heavy (non-hydrogen) atoms. The number of hydrogen-bond donors (Lipinski definition) is 0. The Morgan fingerprint density at radius 3 is 2.67 bits per heavy atom. The van der Waals surface area contributed by atoms with Crippen LogP contribution in [0.5, 0.6) is 0 Å².